The Kier molecular flexibility index (Phi) is 10.1. The summed E-state index contributed by atoms with van der Waals surface area (Å²) in [5.74, 6) is 0.489. The highest BCUT2D eigenvalue weighted by molar-refractivity contribution is 6.30. The molecule has 0 radical (unpaired) electrons. The second-order valence-corrected chi connectivity index (χ2v) is 9.77. The lowest BCUT2D eigenvalue weighted by Gasteiger charge is -2.32. The third-order valence-corrected chi connectivity index (χ3v) is 6.86. The van der Waals surface area contributed by atoms with Crippen LogP contribution in [0.4, 0.5) is 0 Å². The summed E-state index contributed by atoms with van der Waals surface area (Å²) in [5, 5.41) is 3.70. The molecule has 0 bridgehead atoms. The fourth-order valence-electron chi connectivity index (χ4n) is 4.48. The first kappa shape index (κ1) is 27.9. The Hall–Kier alpha value is -4.09. The molecule has 6 heteroatoms. The van der Waals surface area contributed by atoms with Gasteiger partial charge in [-0.2, -0.15) is 0 Å². The van der Waals surface area contributed by atoms with E-state index in [1.807, 2.05) is 97.1 Å². The van der Waals surface area contributed by atoms with E-state index in [2.05, 4.69) is 5.32 Å². The quantitative estimate of drug-likeness (QED) is 0.226. The van der Waals surface area contributed by atoms with Gasteiger partial charge in [0.05, 0.1) is 7.11 Å². The molecule has 4 aromatic rings. The highest BCUT2D eigenvalue weighted by Gasteiger charge is 2.31. The predicted molar refractivity (Wildman–Crippen MR) is 156 cm³/mol. The molecule has 2 amide bonds. The number of carbonyl (C=O) groups is 2. The second kappa shape index (κ2) is 14.2. The van der Waals surface area contributed by atoms with Crippen LogP contribution in [0.15, 0.2) is 109 Å². The lowest BCUT2D eigenvalue weighted by Crippen LogP contribution is -2.44. The fourth-order valence-corrected chi connectivity index (χ4v) is 4.60. The molecule has 0 aromatic heterocycles. The van der Waals surface area contributed by atoms with Crippen LogP contribution in [0.5, 0.6) is 5.75 Å². The van der Waals surface area contributed by atoms with Crippen LogP contribution >= 0.6 is 11.6 Å². The summed E-state index contributed by atoms with van der Waals surface area (Å²) in [5.41, 5.74) is 3.84. The van der Waals surface area contributed by atoms with Gasteiger partial charge in [0.1, 0.15) is 11.8 Å². The summed E-state index contributed by atoms with van der Waals surface area (Å²) in [6, 6.07) is 33.8. The average Bonchev–Trinajstić information content (AvgIpc) is 2.98. The van der Waals surface area contributed by atoms with Gasteiger partial charge in [-0.25, -0.2) is 0 Å². The maximum Gasteiger partial charge on any atom is 0.247 e. The van der Waals surface area contributed by atoms with Crippen LogP contribution in [0.3, 0.4) is 0 Å². The molecular weight excluding hydrogens is 508 g/mol. The van der Waals surface area contributed by atoms with Crippen LogP contribution in [-0.2, 0) is 29.0 Å². The van der Waals surface area contributed by atoms with Crippen molar-refractivity contribution in [1.82, 2.24) is 10.2 Å². The zero-order chi connectivity index (χ0) is 27.5. The number of carbonyl (C=O) groups excluding carboxylic acids is 2. The summed E-state index contributed by atoms with van der Waals surface area (Å²) in [7, 11) is 1.63. The third kappa shape index (κ3) is 8.20. The number of hydrogen-bond acceptors (Lipinski definition) is 3. The van der Waals surface area contributed by atoms with Crippen LogP contribution in [0, 0.1) is 0 Å². The van der Waals surface area contributed by atoms with E-state index < -0.39 is 6.04 Å². The number of nitrogens with zero attached hydrogens (tertiary/aromatic N) is 1. The monoisotopic (exact) mass is 540 g/mol. The van der Waals surface area contributed by atoms with E-state index in [1.165, 1.54) is 0 Å². The van der Waals surface area contributed by atoms with E-state index in [1.54, 1.807) is 24.1 Å². The molecule has 0 aliphatic carbocycles. The van der Waals surface area contributed by atoms with Gasteiger partial charge in [0.15, 0.2) is 0 Å². The van der Waals surface area contributed by atoms with Crippen molar-refractivity contribution in [2.75, 3.05) is 13.7 Å². The Morgan fingerprint density at radius 3 is 2.00 bits per heavy atom. The SMILES string of the molecule is COc1ccc(CCNC(=O)[C@H](c2ccccc2)N(Cc2ccc(Cl)cc2)C(=O)CCc2ccccc2)cc1. The summed E-state index contributed by atoms with van der Waals surface area (Å²) >= 11 is 6.11. The number of halogens is 1. The van der Waals surface area contributed by atoms with E-state index in [9.17, 15) is 9.59 Å². The van der Waals surface area contributed by atoms with Crippen molar-refractivity contribution in [3.63, 3.8) is 0 Å². The van der Waals surface area contributed by atoms with Crippen LogP contribution in [0.2, 0.25) is 5.02 Å². The van der Waals surface area contributed by atoms with Gasteiger partial charge >= 0.3 is 0 Å². The number of aryl methyl sites for hydroxylation is 1. The predicted octanol–water partition coefficient (Wildman–Crippen LogP) is 6.41. The molecule has 0 spiro atoms. The third-order valence-electron chi connectivity index (χ3n) is 6.60. The van der Waals surface area contributed by atoms with E-state index >= 15 is 0 Å². The number of methoxy groups -OCH3 is 1. The average molecular weight is 541 g/mol. The first-order valence-corrected chi connectivity index (χ1v) is 13.4. The molecule has 0 fully saturated rings. The fraction of sp³-hybridized carbons (Fsp3) is 0.212. The Morgan fingerprint density at radius 1 is 0.769 bits per heavy atom. The molecule has 39 heavy (non-hydrogen) atoms. The Labute approximate surface area is 235 Å². The summed E-state index contributed by atoms with van der Waals surface area (Å²) in [4.78, 5) is 29.2. The molecule has 0 saturated heterocycles. The highest BCUT2D eigenvalue weighted by atomic mass is 35.5. The minimum Gasteiger partial charge on any atom is -0.497 e. The number of ether oxygens (including phenoxy) is 1. The van der Waals surface area contributed by atoms with Crippen molar-refractivity contribution >= 4 is 23.4 Å². The van der Waals surface area contributed by atoms with Crippen molar-refractivity contribution in [3.05, 3.63) is 136 Å². The number of rotatable bonds is 12. The van der Waals surface area contributed by atoms with E-state index in [0.29, 0.717) is 30.8 Å². The van der Waals surface area contributed by atoms with Crippen LogP contribution in [0.25, 0.3) is 0 Å². The Balaban J connectivity index is 1.56. The van der Waals surface area contributed by atoms with Gasteiger partial charge in [0.2, 0.25) is 11.8 Å². The largest absolute Gasteiger partial charge is 0.497 e. The Bertz CT molecular complexity index is 1330. The second-order valence-electron chi connectivity index (χ2n) is 9.34. The summed E-state index contributed by atoms with van der Waals surface area (Å²) in [6.45, 7) is 0.734. The standard InChI is InChI=1S/C33H33ClN2O3/c1-39-30-19-14-26(15-20-30)22-23-35-33(38)32(28-10-6-3-7-11-28)36(24-27-12-17-29(34)18-13-27)31(37)21-16-25-8-4-2-5-9-25/h2-15,17-20,32H,16,21-24H2,1H3,(H,35,38)/t32-/m0/s1. The molecule has 0 heterocycles. The van der Waals surface area contributed by atoms with Crippen molar-refractivity contribution in [3.8, 4) is 5.75 Å². The normalized spacial score (nSPS) is 11.4. The smallest absolute Gasteiger partial charge is 0.247 e. The molecular formula is C33H33ClN2O3. The molecule has 1 N–H and O–H groups in total. The van der Waals surface area contributed by atoms with Crippen LogP contribution < -0.4 is 10.1 Å². The lowest BCUT2D eigenvalue weighted by molar-refractivity contribution is -0.141. The first-order valence-electron chi connectivity index (χ1n) is 13.1. The van der Waals surface area contributed by atoms with Crippen molar-refractivity contribution in [2.45, 2.75) is 31.8 Å². The van der Waals surface area contributed by atoms with Gasteiger partial charge in [0.25, 0.3) is 0 Å². The maximum absolute atomic E-state index is 13.8. The van der Waals surface area contributed by atoms with Crippen molar-refractivity contribution in [2.24, 2.45) is 0 Å². The number of amides is 2. The van der Waals surface area contributed by atoms with E-state index in [-0.39, 0.29) is 18.4 Å². The molecule has 0 unspecified atom stereocenters. The van der Waals surface area contributed by atoms with Gasteiger partial charge in [-0.1, -0.05) is 96.5 Å². The van der Waals surface area contributed by atoms with Gasteiger partial charge in [-0.15, -0.1) is 0 Å². The molecule has 4 rings (SSSR count). The first-order chi connectivity index (χ1) is 19.0. The Morgan fingerprint density at radius 2 is 1.36 bits per heavy atom. The number of hydrogen-bond donors (Lipinski definition) is 1. The van der Waals surface area contributed by atoms with Crippen LogP contribution in [-0.4, -0.2) is 30.4 Å². The van der Waals surface area contributed by atoms with E-state index in [4.69, 9.17) is 16.3 Å². The molecule has 5 nitrogen and oxygen atoms in total. The van der Waals surface area contributed by atoms with Crippen LogP contribution in [0.1, 0.15) is 34.7 Å². The van der Waals surface area contributed by atoms with Crippen molar-refractivity contribution < 1.29 is 14.3 Å². The topological polar surface area (TPSA) is 58.6 Å². The highest BCUT2D eigenvalue weighted by Crippen LogP contribution is 2.26. The van der Waals surface area contributed by atoms with Gasteiger partial charge in [-0.05, 0) is 59.4 Å². The van der Waals surface area contributed by atoms with Gasteiger partial charge in [-0.3, -0.25) is 9.59 Å². The summed E-state index contributed by atoms with van der Waals surface area (Å²) < 4.78 is 5.23. The minimum atomic E-state index is -0.777. The summed E-state index contributed by atoms with van der Waals surface area (Å²) in [6.07, 6.45) is 1.55. The molecule has 0 aliphatic heterocycles. The zero-order valence-corrected chi connectivity index (χ0v) is 22.8. The van der Waals surface area contributed by atoms with E-state index in [0.717, 1.165) is 28.0 Å². The molecule has 0 saturated carbocycles. The van der Waals surface area contributed by atoms with Gasteiger partial charge < -0.3 is 15.0 Å². The molecule has 1 atom stereocenters. The van der Waals surface area contributed by atoms with Crippen molar-refractivity contribution in [1.29, 1.82) is 0 Å². The molecule has 4 aromatic carbocycles. The lowest BCUT2D eigenvalue weighted by atomic mass is 10.0. The zero-order valence-electron chi connectivity index (χ0n) is 22.1. The maximum atomic E-state index is 13.8. The minimum absolute atomic E-state index is 0.0899. The molecule has 0 aliphatic rings. The number of nitrogens with one attached hydrogen (secondary N) is 1. The van der Waals surface area contributed by atoms with Gasteiger partial charge in [0, 0.05) is 24.5 Å². The molecule has 200 valence electrons. The number of benzene rings is 4.